The van der Waals surface area contributed by atoms with Crippen LogP contribution in [-0.2, 0) is 14.4 Å². The third-order valence-corrected chi connectivity index (χ3v) is 5.37. The maximum Gasteiger partial charge on any atom is 0.259 e. The molecule has 1 aromatic rings. The molecular weight excluding hydrogens is 304 g/mol. The number of carbonyl (C=O) groups is 3. The van der Waals surface area contributed by atoms with Gasteiger partial charge in [0.2, 0.25) is 5.91 Å². The Bertz CT molecular complexity index is 775. The smallest absolute Gasteiger partial charge is 0.259 e. The van der Waals surface area contributed by atoms with Gasteiger partial charge in [0.15, 0.2) is 0 Å². The minimum atomic E-state index is -0.264. The monoisotopic (exact) mass is 324 g/mol. The van der Waals surface area contributed by atoms with Gasteiger partial charge < -0.3 is 4.90 Å². The van der Waals surface area contributed by atoms with Gasteiger partial charge in [-0.05, 0) is 18.9 Å². The number of likely N-dealkylation sites (N-methyl/N-ethyl adjacent to an activating group) is 1. The molecule has 24 heavy (non-hydrogen) atoms. The molecule has 1 saturated carbocycles. The first-order valence-corrected chi connectivity index (χ1v) is 8.56. The van der Waals surface area contributed by atoms with Crippen molar-refractivity contribution in [1.82, 2.24) is 4.90 Å². The Balaban J connectivity index is 1.77. The van der Waals surface area contributed by atoms with Crippen LogP contribution in [0.2, 0.25) is 0 Å². The topological polar surface area (TPSA) is 57.7 Å². The summed E-state index contributed by atoms with van der Waals surface area (Å²) in [6, 6.07) is 7.43. The summed E-state index contributed by atoms with van der Waals surface area (Å²) in [6.45, 7) is 0. The van der Waals surface area contributed by atoms with Gasteiger partial charge >= 0.3 is 0 Å². The largest absolute Gasteiger partial charge is 0.311 e. The first kappa shape index (κ1) is 15.1. The number of benzene rings is 1. The van der Waals surface area contributed by atoms with Gasteiger partial charge in [-0.15, -0.1) is 0 Å². The second kappa shape index (κ2) is 5.58. The van der Waals surface area contributed by atoms with Crippen LogP contribution in [0.3, 0.4) is 0 Å². The highest BCUT2D eigenvalue weighted by molar-refractivity contribution is 6.38. The lowest BCUT2D eigenvalue weighted by Gasteiger charge is -2.29. The molecule has 1 aromatic carbocycles. The highest BCUT2D eigenvalue weighted by Crippen LogP contribution is 2.41. The van der Waals surface area contributed by atoms with Crippen LogP contribution >= 0.6 is 0 Å². The number of rotatable bonds is 1. The lowest BCUT2D eigenvalue weighted by atomic mass is 9.94. The van der Waals surface area contributed by atoms with E-state index < -0.39 is 0 Å². The van der Waals surface area contributed by atoms with Crippen molar-refractivity contribution in [1.29, 1.82) is 0 Å². The fourth-order valence-corrected chi connectivity index (χ4v) is 4.14. The molecule has 124 valence electrons. The van der Waals surface area contributed by atoms with Crippen LogP contribution in [0.5, 0.6) is 0 Å². The SMILES string of the molecule is CN1C(=O)/C(=C2/CC(=O)N(C3CCCCC3)C2=O)c2ccccc21. The summed E-state index contributed by atoms with van der Waals surface area (Å²) in [5, 5.41) is 0. The Hall–Kier alpha value is -2.43. The molecule has 2 aliphatic heterocycles. The van der Waals surface area contributed by atoms with Gasteiger partial charge in [0.05, 0.1) is 17.7 Å². The summed E-state index contributed by atoms with van der Waals surface area (Å²) >= 11 is 0. The summed E-state index contributed by atoms with van der Waals surface area (Å²) in [4.78, 5) is 41.1. The standard InChI is InChI=1S/C19H20N2O3/c1-20-15-10-6-5-9-13(15)17(19(20)24)14-11-16(22)21(18(14)23)12-7-3-2-4-8-12/h5-6,9-10,12H,2-4,7-8,11H2,1H3/b17-14-. The van der Waals surface area contributed by atoms with Gasteiger partial charge in [0, 0.05) is 24.2 Å². The van der Waals surface area contributed by atoms with Gasteiger partial charge in [0.25, 0.3) is 11.8 Å². The zero-order chi connectivity index (χ0) is 16.8. The molecule has 3 aliphatic rings. The van der Waals surface area contributed by atoms with Crippen LogP contribution < -0.4 is 4.90 Å². The van der Waals surface area contributed by atoms with Crippen molar-refractivity contribution in [3.05, 3.63) is 35.4 Å². The Kier molecular flexibility index (Phi) is 3.52. The summed E-state index contributed by atoms with van der Waals surface area (Å²) in [5.41, 5.74) is 2.32. The van der Waals surface area contributed by atoms with E-state index in [2.05, 4.69) is 0 Å². The van der Waals surface area contributed by atoms with Gasteiger partial charge in [-0.1, -0.05) is 37.5 Å². The molecule has 5 nitrogen and oxygen atoms in total. The highest BCUT2D eigenvalue weighted by Gasteiger charge is 2.44. The zero-order valence-electron chi connectivity index (χ0n) is 13.7. The normalized spacial score (nSPS) is 25.0. The van der Waals surface area contributed by atoms with E-state index in [4.69, 9.17) is 0 Å². The van der Waals surface area contributed by atoms with E-state index in [-0.39, 0.29) is 30.2 Å². The second-order valence-corrected chi connectivity index (χ2v) is 6.77. The van der Waals surface area contributed by atoms with Crippen molar-refractivity contribution in [3.63, 3.8) is 0 Å². The number of nitrogens with zero attached hydrogens (tertiary/aromatic N) is 2. The molecule has 0 unspecified atom stereocenters. The van der Waals surface area contributed by atoms with Gasteiger partial charge in [0.1, 0.15) is 0 Å². The van der Waals surface area contributed by atoms with Gasteiger partial charge in [-0.2, -0.15) is 0 Å². The fourth-order valence-electron chi connectivity index (χ4n) is 4.14. The van der Waals surface area contributed by atoms with Crippen molar-refractivity contribution < 1.29 is 14.4 Å². The molecule has 4 rings (SSSR count). The highest BCUT2D eigenvalue weighted by atomic mass is 16.2. The summed E-state index contributed by atoms with van der Waals surface area (Å²) < 4.78 is 0. The number of fused-ring (bicyclic) bond motifs is 1. The molecule has 0 N–H and O–H groups in total. The van der Waals surface area contributed by atoms with Crippen molar-refractivity contribution in [3.8, 4) is 0 Å². The van der Waals surface area contributed by atoms with E-state index >= 15 is 0 Å². The number of hydrogen-bond acceptors (Lipinski definition) is 3. The maximum absolute atomic E-state index is 12.9. The van der Waals surface area contributed by atoms with Crippen LogP contribution in [0.15, 0.2) is 29.8 Å². The number of amides is 3. The summed E-state index contributed by atoms with van der Waals surface area (Å²) in [7, 11) is 1.70. The average molecular weight is 324 g/mol. The molecule has 3 amide bonds. The van der Waals surface area contributed by atoms with Crippen LogP contribution in [0.4, 0.5) is 5.69 Å². The summed E-state index contributed by atoms with van der Waals surface area (Å²) in [6.07, 6.45) is 5.07. The molecule has 0 atom stereocenters. The lowest BCUT2D eigenvalue weighted by molar-refractivity contribution is -0.141. The molecule has 1 saturated heterocycles. The number of carbonyl (C=O) groups excluding carboxylic acids is 3. The van der Waals surface area contributed by atoms with Crippen LogP contribution in [0, 0.1) is 0 Å². The average Bonchev–Trinajstić information content (AvgIpc) is 3.03. The van der Waals surface area contributed by atoms with E-state index in [1.165, 1.54) is 4.90 Å². The predicted molar refractivity (Wildman–Crippen MR) is 90.1 cm³/mol. The van der Waals surface area contributed by atoms with Crippen molar-refractivity contribution >= 4 is 29.0 Å². The van der Waals surface area contributed by atoms with Gasteiger partial charge in [-0.3, -0.25) is 19.3 Å². The number of anilines is 1. The van der Waals surface area contributed by atoms with Crippen LogP contribution in [0.1, 0.15) is 44.1 Å². The predicted octanol–water partition coefficient (Wildman–Crippen LogP) is 2.51. The van der Waals surface area contributed by atoms with E-state index in [1.54, 1.807) is 11.9 Å². The van der Waals surface area contributed by atoms with Crippen LogP contribution in [-0.4, -0.2) is 35.7 Å². The number of para-hydroxylation sites is 1. The Morgan fingerprint density at radius 2 is 1.67 bits per heavy atom. The Morgan fingerprint density at radius 3 is 2.42 bits per heavy atom. The minimum absolute atomic E-state index is 0.00123. The first-order valence-electron chi connectivity index (χ1n) is 8.56. The molecule has 1 aliphatic carbocycles. The molecule has 0 aromatic heterocycles. The molecule has 2 fully saturated rings. The number of imide groups is 1. The van der Waals surface area contributed by atoms with Crippen LogP contribution in [0.25, 0.3) is 5.57 Å². The Labute approximate surface area is 140 Å². The lowest BCUT2D eigenvalue weighted by Crippen LogP contribution is -2.40. The maximum atomic E-state index is 12.9. The van der Waals surface area contributed by atoms with E-state index in [0.717, 1.165) is 43.4 Å². The zero-order valence-corrected chi connectivity index (χ0v) is 13.7. The molecule has 0 bridgehead atoms. The number of hydrogen-bond donors (Lipinski definition) is 0. The second-order valence-electron chi connectivity index (χ2n) is 6.77. The molecule has 2 heterocycles. The minimum Gasteiger partial charge on any atom is -0.311 e. The quantitative estimate of drug-likeness (QED) is 0.589. The molecule has 5 heteroatoms. The molecular formula is C19H20N2O3. The fraction of sp³-hybridized carbons (Fsp3) is 0.421. The number of likely N-dealkylation sites (tertiary alicyclic amines) is 1. The summed E-state index contributed by atoms with van der Waals surface area (Å²) in [5.74, 6) is -0.618. The third-order valence-electron chi connectivity index (χ3n) is 5.37. The van der Waals surface area contributed by atoms with Crippen molar-refractivity contribution in [2.24, 2.45) is 0 Å². The molecule has 0 spiro atoms. The molecule has 0 radical (unpaired) electrons. The van der Waals surface area contributed by atoms with Gasteiger partial charge in [-0.25, -0.2) is 0 Å². The third kappa shape index (κ3) is 2.11. The Morgan fingerprint density at radius 1 is 0.958 bits per heavy atom. The van der Waals surface area contributed by atoms with E-state index in [1.807, 2.05) is 24.3 Å². The van der Waals surface area contributed by atoms with Crippen molar-refractivity contribution in [2.75, 3.05) is 11.9 Å². The first-order chi connectivity index (χ1) is 11.6. The van der Waals surface area contributed by atoms with E-state index in [9.17, 15) is 14.4 Å². The van der Waals surface area contributed by atoms with E-state index in [0.29, 0.717) is 11.1 Å². The van der Waals surface area contributed by atoms with Crippen molar-refractivity contribution in [2.45, 2.75) is 44.6 Å².